The predicted molar refractivity (Wildman–Crippen MR) is 78.7 cm³/mol. The Kier molecular flexibility index (Phi) is 7.94. The maximum atomic E-state index is 12.1. The molecular formula is C15H23O3Sn. The molecule has 1 aromatic rings. The van der Waals surface area contributed by atoms with E-state index in [9.17, 15) is 9.90 Å². The van der Waals surface area contributed by atoms with Gasteiger partial charge >= 0.3 is 123 Å². The van der Waals surface area contributed by atoms with E-state index in [-0.39, 0.29) is 11.7 Å². The summed E-state index contributed by atoms with van der Waals surface area (Å²) in [4.78, 5) is 12.1. The van der Waals surface area contributed by atoms with Gasteiger partial charge in [-0.05, 0) is 0 Å². The van der Waals surface area contributed by atoms with Crippen LogP contribution in [0.5, 0.6) is 5.75 Å². The van der Waals surface area contributed by atoms with Crippen molar-refractivity contribution < 1.29 is 13.0 Å². The third kappa shape index (κ3) is 5.85. The van der Waals surface area contributed by atoms with Crippen LogP contribution in [0.2, 0.25) is 8.87 Å². The van der Waals surface area contributed by atoms with Gasteiger partial charge in [0.2, 0.25) is 0 Å². The minimum absolute atomic E-state index is 0.0150. The van der Waals surface area contributed by atoms with Gasteiger partial charge in [0.25, 0.3) is 0 Å². The van der Waals surface area contributed by atoms with Crippen molar-refractivity contribution in [2.45, 2.75) is 48.4 Å². The van der Waals surface area contributed by atoms with Crippen molar-refractivity contribution in [3.05, 3.63) is 29.8 Å². The molecule has 0 atom stereocenters. The van der Waals surface area contributed by atoms with Gasteiger partial charge in [-0.1, -0.05) is 0 Å². The van der Waals surface area contributed by atoms with E-state index in [1.165, 1.54) is 6.07 Å². The Bertz CT molecular complexity index is 385. The van der Waals surface area contributed by atoms with Crippen molar-refractivity contribution in [1.82, 2.24) is 0 Å². The number of para-hydroxylation sites is 1. The first-order valence-corrected chi connectivity index (χ1v) is 12.2. The number of phenolic OH excluding ortho intramolecular Hbond substituents is 1. The van der Waals surface area contributed by atoms with E-state index < -0.39 is 20.2 Å². The molecule has 19 heavy (non-hydrogen) atoms. The zero-order valence-electron chi connectivity index (χ0n) is 11.8. The molecule has 0 saturated carbocycles. The number of hydrogen-bond donors (Lipinski definition) is 1. The van der Waals surface area contributed by atoms with Crippen molar-refractivity contribution in [2.75, 3.05) is 0 Å². The van der Waals surface area contributed by atoms with Gasteiger partial charge in [0, 0.05) is 0 Å². The molecule has 0 amide bonds. The van der Waals surface area contributed by atoms with Crippen molar-refractivity contribution in [2.24, 2.45) is 0 Å². The number of unbranched alkanes of at least 4 members (excludes halogenated alkanes) is 2. The van der Waals surface area contributed by atoms with E-state index in [0.29, 0.717) is 5.56 Å². The molecule has 0 saturated heterocycles. The molecule has 0 aliphatic rings. The third-order valence-corrected chi connectivity index (χ3v) is 9.53. The van der Waals surface area contributed by atoms with E-state index in [2.05, 4.69) is 13.8 Å². The normalized spacial score (nSPS) is 10.7. The quantitative estimate of drug-likeness (QED) is 0.700. The fraction of sp³-hybridized carbons (Fsp3) is 0.533. The summed E-state index contributed by atoms with van der Waals surface area (Å²) in [5.41, 5.74) is 0.300. The number of rotatable bonds is 8. The predicted octanol–water partition coefficient (Wildman–Crippen LogP) is 4.14. The molecular weight excluding hydrogens is 347 g/mol. The molecule has 0 aromatic heterocycles. The summed E-state index contributed by atoms with van der Waals surface area (Å²) < 4.78 is 7.91. The first-order valence-electron chi connectivity index (χ1n) is 7.03. The first-order chi connectivity index (χ1) is 9.19. The first kappa shape index (κ1) is 16.3. The SMILES string of the molecule is CCC[CH2][Sn]([CH2]CCC)[O]C(=O)c1ccccc1O. The number of phenols is 1. The number of carbonyl (C=O) groups excluding carboxylic acids is 1. The fourth-order valence-corrected chi connectivity index (χ4v) is 8.43. The van der Waals surface area contributed by atoms with Crippen LogP contribution in [-0.2, 0) is 3.07 Å². The second-order valence-corrected chi connectivity index (χ2v) is 11.2. The van der Waals surface area contributed by atoms with Crippen molar-refractivity contribution in [1.29, 1.82) is 0 Å². The minimum atomic E-state index is -2.08. The molecule has 1 N–H and O–H groups in total. The molecule has 1 rings (SSSR count). The molecule has 0 heterocycles. The third-order valence-electron chi connectivity index (χ3n) is 2.98. The van der Waals surface area contributed by atoms with Crippen LogP contribution in [0.15, 0.2) is 24.3 Å². The van der Waals surface area contributed by atoms with Crippen LogP contribution in [0.25, 0.3) is 0 Å². The molecule has 0 bridgehead atoms. The Labute approximate surface area is 123 Å². The van der Waals surface area contributed by atoms with E-state index >= 15 is 0 Å². The molecule has 1 radical (unpaired) electrons. The number of carbonyl (C=O) groups is 1. The Balaban J connectivity index is 2.61. The van der Waals surface area contributed by atoms with Gasteiger partial charge in [0.1, 0.15) is 0 Å². The molecule has 3 nitrogen and oxygen atoms in total. The monoisotopic (exact) mass is 371 g/mol. The van der Waals surface area contributed by atoms with Crippen molar-refractivity contribution in [3.8, 4) is 5.75 Å². The van der Waals surface area contributed by atoms with Crippen LogP contribution in [0.1, 0.15) is 49.9 Å². The standard InChI is InChI=1S/C7H6O3.2C4H9.Sn/c8-6-4-2-1-3-5(6)7(9)10;2*1-3-4-2;/h1-4,8H,(H,9,10);2*1,3-4H2,2H3;/q;;;+1/p-1. The Morgan fingerprint density at radius 3 is 2.26 bits per heavy atom. The van der Waals surface area contributed by atoms with Crippen molar-refractivity contribution in [3.63, 3.8) is 0 Å². The summed E-state index contributed by atoms with van der Waals surface area (Å²) in [7, 11) is 0. The average molecular weight is 370 g/mol. The van der Waals surface area contributed by atoms with Crippen LogP contribution in [-0.4, -0.2) is 31.2 Å². The van der Waals surface area contributed by atoms with Gasteiger partial charge in [-0.15, -0.1) is 0 Å². The average Bonchev–Trinajstić information content (AvgIpc) is 2.42. The Morgan fingerprint density at radius 1 is 1.16 bits per heavy atom. The summed E-state index contributed by atoms with van der Waals surface area (Å²) in [6.45, 7) is 4.32. The Morgan fingerprint density at radius 2 is 1.74 bits per heavy atom. The summed E-state index contributed by atoms with van der Waals surface area (Å²) in [6.07, 6.45) is 4.58. The van der Waals surface area contributed by atoms with Gasteiger partial charge in [-0.2, -0.15) is 0 Å². The summed E-state index contributed by atoms with van der Waals surface area (Å²) in [5, 5.41) is 9.67. The van der Waals surface area contributed by atoms with Crippen LogP contribution >= 0.6 is 0 Å². The van der Waals surface area contributed by atoms with Gasteiger partial charge < -0.3 is 0 Å². The van der Waals surface area contributed by atoms with Gasteiger partial charge in [-0.3, -0.25) is 0 Å². The van der Waals surface area contributed by atoms with Crippen LogP contribution in [0.4, 0.5) is 0 Å². The molecule has 0 aliphatic heterocycles. The second-order valence-electron chi connectivity index (χ2n) is 4.65. The molecule has 0 aliphatic carbocycles. The second kappa shape index (κ2) is 9.23. The fourth-order valence-electron chi connectivity index (χ4n) is 1.81. The molecule has 1 aromatic carbocycles. The summed E-state index contributed by atoms with van der Waals surface area (Å²) in [5.74, 6) is -0.319. The van der Waals surface area contributed by atoms with E-state index in [1.54, 1.807) is 18.2 Å². The molecule has 105 valence electrons. The zero-order chi connectivity index (χ0) is 14.1. The topological polar surface area (TPSA) is 46.5 Å². The van der Waals surface area contributed by atoms with Gasteiger partial charge in [0.05, 0.1) is 0 Å². The van der Waals surface area contributed by atoms with Gasteiger partial charge in [-0.25, -0.2) is 0 Å². The number of benzene rings is 1. The van der Waals surface area contributed by atoms with E-state index in [4.69, 9.17) is 3.07 Å². The number of hydrogen-bond acceptors (Lipinski definition) is 3. The molecule has 0 spiro atoms. The molecule has 4 heteroatoms. The van der Waals surface area contributed by atoms with E-state index in [0.717, 1.165) is 34.6 Å². The molecule has 0 fully saturated rings. The number of aromatic hydroxyl groups is 1. The van der Waals surface area contributed by atoms with Crippen LogP contribution in [0, 0.1) is 0 Å². The van der Waals surface area contributed by atoms with E-state index in [1.807, 2.05) is 0 Å². The summed E-state index contributed by atoms with van der Waals surface area (Å²) in [6, 6.07) is 6.60. The summed E-state index contributed by atoms with van der Waals surface area (Å²) >= 11 is -2.08. The Hall–Kier alpha value is -0.711. The maximum absolute atomic E-state index is 12.1. The molecule has 0 unspecified atom stereocenters. The zero-order valence-corrected chi connectivity index (χ0v) is 14.7. The van der Waals surface area contributed by atoms with Crippen LogP contribution < -0.4 is 0 Å². The van der Waals surface area contributed by atoms with Gasteiger partial charge in [0.15, 0.2) is 0 Å². The van der Waals surface area contributed by atoms with Crippen LogP contribution in [0.3, 0.4) is 0 Å². The van der Waals surface area contributed by atoms with Crippen molar-refractivity contribution >= 4 is 26.1 Å².